The number of allylic oxidation sites excluding steroid dienone is 1. The van der Waals surface area contributed by atoms with E-state index in [0.717, 1.165) is 0 Å². The van der Waals surface area contributed by atoms with Crippen molar-refractivity contribution >= 4 is 11.9 Å². The largest absolute Gasteiger partial charge is 0.289 e. The number of carbonyl (C=O) groups excluding carboxylic acids is 1. The molecule has 0 atom stereocenters. The third kappa shape index (κ3) is 2.60. The quantitative estimate of drug-likeness (QED) is 0.577. The summed E-state index contributed by atoms with van der Waals surface area (Å²) in [6.07, 6.45) is 6.36. The van der Waals surface area contributed by atoms with Gasteiger partial charge < -0.3 is 0 Å². The molecule has 0 N–H and O–H groups in total. The molecule has 0 aliphatic carbocycles. The average molecular weight is 210 g/mol. The number of aromatic nitrogens is 2. The molecule has 3 heteroatoms. The zero-order chi connectivity index (χ0) is 11.2. The lowest BCUT2D eigenvalue weighted by molar-refractivity contribution is 0.104. The van der Waals surface area contributed by atoms with Crippen LogP contribution in [0.4, 0.5) is 0 Å². The summed E-state index contributed by atoms with van der Waals surface area (Å²) >= 11 is 0. The Bertz CT molecular complexity index is 492. The fraction of sp³-hybridized carbons (Fsp3) is 0. The highest BCUT2D eigenvalue weighted by molar-refractivity contribution is 6.06. The molecule has 1 heterocycles. The summed E-state index contributed by atoms with van der Waals surface area (Å²) in [6, 6.07) is 10.8. The predicted molar refractivity (Wildman–Crippen MR) is 61.8 cm³/mol. The number of nitrogens with zero attached hydrogens (tertiary/aromatic N) is 2. The van der Waals surface area contributed by atoms with Crippen LogP contribution in [0, 0.1) is 0 Å². The second-order valence-corrected chi connectivity index (χ2v) is 3.17. The Hall–Kier alpha value is -2.29. The van der Waals surface area contributed by atoms with E-state index in [0.29, 0.717) is 11.4 Å². The van der Waals surface area contributed by atoms with Crippen LogP contribution in [0.25, 0.3) is 6.08 Å². The molecule has 0 amide bonds. The molecule has 78 valence electrons. The molecular formula is C13H10N2O. The summed E-state index contributed by atoms with van der Waals surface area (Å²) in [4.78, 5) is 19.7. The van der Waals surface area contributed by atoms with Gasteiger partial charge in [-0.25, -0.2) is 9.97 Å². The fourth-order valence-corrected chi connectivity index (χ4v) is 1.25. The van der Waals surface area contributed by atoms with Gasteiger partial charge in [-0.15, -0.1) is 0 Å². The van der Waals surface area contributed by atoms with Crippen LogP contribution in [0.1, 0.15) is 16.2 Å². The Morgan fingerprint density at radius 3 is 2.38 bits per heavy atom. The van der Waals surface area contributed by atoms with Crippen LogP contribution in [-0.2, 0) is 0 Å². The van der Waals surface area contributed by atoms with E-state index < -0.39 is 0 Å². The van der Waals surface area contributed by atoms with E-state index in [2.05, 4.69) is 9.97 Å². The third-order valence-corrected chi connectivity index (χ3v) is 2.03. The van der Waals surface area contributed by atoms with Gasteiger partial charge in [0, 0.05) is 18.0 Å². The standard InChI is InChI=1S/C13H10N2O/c16-12(11-5-2-1-3-6-11)7-8-13-14-9-4-10-15-13/h1-10H/b8-7+. The highest BCUT2D eigenvalue weighted by atomic mass is 16.1. The van der Waals surface area contributed by atoms with E-state index in [-0.39, 0.29) is 5.78 Å². The second kappa shape index (κ2) is 4.98. The minimum absolute atomic E-state index is 0.0481. The first-order chi connectivity index (χ1) is 7.86. The molecule has 2 rings (SSSR count). The zero-order valence-electron chi connectivity index (χ0n) is 8.58. The molecule has 0 fully saturated rings. The highest BCUT2D eigenvalue weighted by Gasteiger charge is 1.99. The summed E-state index contributed by atoms with van der Waals surface area (Å²) < 4.78 is 0. The van der Waals surface area contributed by atoms with Gasteiger partial charge in [0.05, 0.1) is 0 Å². The Morgan fingerprint density at radius 1 is 1.00 bits per heavy atom. The maximum Gasteiger partial charge on any atom is 0.185 e. The molecule has 0 saturated carbocycles. The van der Waals surface area contributed by atoms with Crippen LogP contribution < -0.4 is 0 Å². The van der Waals surface area contributed by atoms with Gasteiger partial charge in [-0.1, -0.05) is 30.3 Å². The van der Waals surface area contributed by atoms with Gasteiger partial charge in [0.15, 0.2) is 11.6 Å². The molecule has 16 heavy (non-hydrogen) atoms. The van der Waals surface area contributed by atoms with Crippen molar-refractivity contribution in [3.05, 3.63) is 66.3 Å². The summed E-state index contributed by atoms with van der Waals surface area (Å²) in [5.74, 6) is 0.486. The van der Waals surface area contributed by atoms with Crippen molar-refractivity contribution in [1.29, 1.82) is 0 Å². The van der Waals surface area contributed by atoms with E-state index in [4.69, 9.17) is 0 Å². The zero-order valence-corrected chi connectivity index (χ0v) is 8.58. The van der Waals surface area contributed by atoms with Crippen LogP contribution in [0.2, 0.25) is 0 Å². The number of hydrogen-bond acceptors (Lipinski definition) is 3. The summed E-state index contributed by atoms with van der Waals surface area (Å²) in [5.41, 5.74) is 0.662. The van der Waals surface area contributed by atoms with Crippen molar-refractivity contribution < 1.29 is 4.79 Å². The minimum atomic E-state index is -0.0481. The topological polar surface area (TPSA) is 42.9 Å². The molecule has 0 unspecified atom stereocenters. The average Bonchev–Trinajstić information content (AvgIpc) is 2.38. The fourth-order valence-electron chi connectivity index (χ4n) is 1.25. The van der Waals surface area contributed by atoms with E-state index in [1.54, 1.807) is 36.7 Å². The van der Waals surface area contributed by atoms with Crippen LogP contribution in [0.3, 0.4) is 0 Å². The highest BCUT2D eigenvalue weighted by Crippen LogP contribution is 2.02. The lowest BCUT2D eigenvalue weighted by atomic mass is 10.1. The van der Waals surface area contributed by atoms with Crippen molar-refractivity contribution in [3.8, 4) is 0 Å². The smallest absolute Gasteiger partial charge is 0.185 e. The van der Waals surface area contributed by atoms with Crippen molar-refractivity contribution in [2.45, 2.75) is 0 Å². The first kappa shape index (κ1) is 10.2. The maximum absolute atomic E-state index is 11.7. The SMILES string of the molecule is O=C(/C=C/c1ncccn1)c1ccccc1. The number of benzene rings is 1. The Labute approximate surface area is 93.5 Å². The van der Waals surface area contributed by atoms with E-state index in [9.17, 15) is 4.79 Å². The Kier molecular flexibility index (Phi) is 3.18. The van der Waals surface area contributed by atoms with Crippen molar-refractivity contribution in [2.75, 3.05) is 0 Å². The predicted octanol–water partition coefficient (Wildman–Crippen LogP) is 2.37. The molecule has 0 aliphatic heterocycles. The van der Waals surface area contributed by atoms with Crippen LogP contribution in [-0.4, -0.2) is 15.8 Å². The van der Waals surface area contributed by atoms with E-state index >= 15 is 0 Å². The molecule has 0 radical (unpaired) electrons. The van der Waals surface area contributed by atoms with Gasteiger partial charge in [0.1, 0.15) is 0 Å². The number of ketones is 1. The first-order valence-electron chi connectivity index (χ1n) is 4.91. The van der Waals surface area contributed by atoms with Crippen LogP contribution in [0.5, 0.6) is 0 Å². The molecule has 3 nitrogen and oxygen atoms in total. The minimum Gasteiger partial charge on any atom is -0.289 e. The molecule has 0 spiro atoms. The summed E-state index contributed by atoms with van der Waals surface area (Å²) in [7, 11) is 0. The maximum atomic E-state index is 11.7. The normalized spacial score (nSPS) is 10.5. The lowest BCUT2D eigenvalue weighted by Crippen LogP contribution is -1.93. The van der Waals surface area contributed by atoms with Gasteiger partial charge in [-0.3, -0.25) is 4.79 Å². The number of hydrogen-bond donors (Lipinski definition) is 0. The lowest BCUT2D eigenvalue weighted by Gasteiger charge is -1.93. The van der Waals surface area contributed by atoms with Gasteiger partial charge in [-0.05, 0) is 18.2 Å². The second-order valence-electron chi connectivity index (χ2n) is 3.17. The van der Waals surface area contributed by atoms with Gasteiger partial charge >= 0.3 is 0 Å². The molecular weight excluding hydrogens is 200 g/mol. The Morgan fingerprint density at radius 2 is 1.69 bits per heavy atom. The van der Waals surface area contributed by atoms with Gasteiger partial charge in [0.2, 0.25) is 0 Å². The monoisotopic (exact) mass is 210 g/mol. The van der Waals surface area contributed by atoms with Crippen LogP contribution in [0.15, 0.2) is 54.9 Å². The van der Waals surface area contributed by atoms with Gasteiger partial charge in [-0.2, -0.15) is 0 Å². The van der Waals surface area contributed by atoms with E-state index in [1.807, 2.05) is 18.2 Å². The molecule has 1 aromatic heterocycles. The number of rotatable bonds is 3. The molecule has 2 aromatic rings. The molecule has 0 bridgehead atoms. The summed E-state index contributed by atoms with van der Waals surface area (Å²) in [6.45, 7) is 0. The Balaban J connectivity index is 2.12. The van der Waals surface area contributed by atoms with Crippen molar-refractivity contribution in [1.82, 2.24) is 9.97 Å². The first-order valence-corrected chi connectivity index (χ1v) is 4.91. The summed E-state index contributed by atoms with van der Waals surface area (Å²) in [5, 5.41) is 0. The molecule has 0 saturated heterocycles. The molecule has 1 aromatic carbocycles. The number of carbonyl (C=O) groups is 1. The van der Waals surface area contributed by atoms with Crippen LogP contribution >= 0.6 is 0 Å². The van der Waals surface area contributed by atoms with E-state index in [1.165, 1.54) is 6.08 Å². The van der Waals surface area contributed by atoms with Crippen molar-refractivity contribution in [2.24, 2.45) is 0 Å². The van der Waals surface area contributed by atoms with Gasteiger partial charge in [0.25, 0.3) is 0 Å². The third-order valence-electron chi connectivity index (χ3n) is 2.03. The van der Waals surface area contributed by atoms with Crippen molar-refractivity contribution in [3.63, 3.8) is 0 Å². The molecule has 0 aliphatic rings.